The first kappa shape index (κ1) is 10.0. The summed E-state index contributed by atoms with van der Waals surface area (Å²) in [4.78, 5) is 30.4. The summed E-state index contributed by atoms with van der Waals surface area (Å²) in [6.07, 6.45) is -0.775. The molecule has 0 aliphatic carbocycles. The van der Waals surface area contributed by atoms with Gasteiger partial charge in [0.25, 0.3) is 5.91 Å². The van der Waals surface area contributed by atoms with Gasteiger partial charge in [0.1, 0.15) is 5.92 Å². The van der Waals surface area contributed by atoms with Gasteiger partial charge < -0.3 is 4.84 Å². The number of para-hydroxylation sites is 1. The Morgan fingerprint density at radius 2 is 1.88 bits per heavy atom. The summed E-state index contributed by atoms with van der Waals surface area (Å²) in [6, 6.07) is 8.85. The molecule has 0 spiro atoms. The van der Waals surface area contributed by atoms with E-state index in [2.05, 4.69) is 5.16 Å². The third kappa shape index (κ3) is 1.28. The Morgan fingerprint density at radius 3 is 2.53 bits per heavy atom. The number of hydrogen-bond acceptors (Lipinski definition) is 4. The fraction of sp³-hybridized carbons (Fsp3) is 0.250. The van der Waals surface area contributed by atoms with E-state index in [1.165, 1.54) is 4.90 Å². The molecule has 2 atom stereocenters. The second-order valence-electron chi connectivity index (χ2n) is 4.08. The maximum atomic E-state index is 12.2. The molecule has 1 aromatic rings. The molecule has 3 rings (SSSR count). The van der Waals surface area contributed by atoms with Crippen LogP contribution >= 0.6 is 0 Å². The minimum atomic E-state index is -0.775. The third-order valence-electron chi connectivity index (χ3n) is 3.03. The van der Waals surface area contributed by atoms with Crippen LogP contribution in [-0.2, 0) is 14.4 Å². The quantitative estimate of drug-likeness (QED) is 0.675. The van der Waals surface area contributed by atoms with Gasteiger partial charge in [-0.05, 0) is 19.1 Å². The highest BCUT2D eigenvalue weighted by atomic mass is 16.6. The van der Waals surface area contributed by atoms with Crippen LogP contribution in [0.5, 0.6) is 0 Å². The first-order chi connectivity index (χ1) is 8.20. The molecule has 5 nitrogen and oxygen atoms in total. The summed E-state index contributed by atoms with van der Waals surface area (Å²) < 4.78 is 0. The van der Waals surface area contributed by atoms with Crippen molar-refractivity contribution < 1.29 is 14.4 Å². The number of oxime groups is 1. The molecule has 0 aromatic heterocycles. The van der Waals surface area contributed by atoms with Gasteiger partial charge in [-0.3, -0.25) is 9.59 Å². The molecular formula is C12H10N2O3. The Kier molecular flexibility index (Phi) is 2.01. The maximum Gasteiger partial charge on any atom is 0.278 e. The molecule has 0 bridgehead atoms. The number of imide groups is 1. The van der Waals surface area contributed by atoms with Gasteiger partial charge in [0.2, 0.25) is 12.0 Å². The lowest BCUT2D eigenvalue weighted by molar-refractivity contribution is -0.126. The molecule has 0 N–H and O–H groups in total. The Labute approximate surface area is 97.7 Å². The lowest BCUT2D eigenvalue weighted by atomic mass is 10.0. The van der Waals surface area contributed by atoms with Crippen molar-refractivity contribution in [1.82, 2.24) is 0 Å². The molecule has 1 saturated heterocycles. The minimum Gasteiger partial charge on any atom is -0.381 e. The van der Waals surface area contributed by atoms with Crippen LogP contribution in [0.25, 0.3) is 0 Å². The molecule has 17 heavy (non-hydrogen) atoms. The summed E-state index contributed by atoms with van der Waals surface area (Å²) in [5, 5.41) is 3.70. The van der Waals surface area contributed by atoms with E-state index in [-0.39, 0.29) is 11.8 Å². The van der Waals surface area contributed by atoms with Crippen molar-refractivity contribution in [2.75, 3.05) is 4.90 Å². The van der Waals surface area contributed by atoms with Crippen LogP contribution < -0.4 is 4.90 Å². The zero-order valence-corrected chi connectivity index (χ0v) is 9.16. The molecule has 1 fully saturated rings. The van der Waals surface area contributed by atoms with E-state index in [4.69, 9.17) is 4.84 Å². The number of fused-ring (bicyclic) bond motifs is 1. The number of carbonyl (C=O) groups is 2. The number of carbonyl (C=O) groups excluding carboxylic acids is 2. The predicted molar refractivity (Wildman–Crippen MR) is 60.4 cm³/mol. The zero-order valence-electron chi connectivity index (χ0n) is 9.16. The molecule has 2 heterocycles. The molecule has 0 unspecified atom stereocenters. The molecule has 1 aromatic carbocycles. The van der Waals surface area contributed by atoms with Crippen LogP contribution in [0, 0.1) is 5.92 Å². The van der Waals surface area contributed by atoms with E-state index < -0.39 is 12.0 Å². The first-order valence-electron chi connectivity index (χ1n) is 5.33. The normalized spacial score (nSPS) is 26.9. The average Bonchev–Trinajstić information content (AvgIpc) is 2.82. The largest absolute Gasteiger partial charge is 0.381 e. The van der Waals surface area contributed by atoms with Crippen molar-refractivity contribution in [3.05, 3.63) is 30.3 Å². The highest BCUT2D eigenvalue weighted by Gasteiger charge is 2.54. The van der Waals surface area contributed by atoms with Gasteiger partial charge in [0, 0.05) is 0 Å². The first-order valence-corrected chi connectivity index (χ1v) is 5.33. The summed E-state index contributed by atoms with van der Waals surface area (Å²) >= 11 is 0. The Morgan fingerprint density at radius 1 is 1.18 bits per heavy atom. The summed E-state index contributed by atoms with van der Waals surface area (Å²) in [5.74, 6) is -1.15. The number of amides is 2. The molecular weight excluding hydrogens is 220 g/mol. The van der Waals surface area contributed by atoms with E-state index in [0.29, 0.717) is 11.4 Å². The van der Waals surface area contributed by atoms with E-state index in [1.807, 2.05) is 6.07 Å². The Bertz CT molecular complexity index is 524. The lowest BCUT2D eigenvalue weighted by Gasteiger charge is -2.14. The van der Waals surface area contributed by atoms with Gasteiger partial charge in [0.15, 0.2) is 0 Å². The zero-order chi connectivity index (χ0) is 12.0. The maximum absolute atomic E-state index is 12.2. The summed E-state index contributed by atoms with van der Waals surface area (Å²) in [7, 11) is 0. The third-order valence-corrected chi connectivity index (χ3v) is 3.03. The molecule has 0 saturated carbocycles. The number of anilines is 1. The monoisotopic (exact) mass is 230 g/mol. The van der Waals surface area contributed by atoms with Crippen molar-refractivity contribution in [1.29, 1.82) is 0 Å². The second kappa shape index (κ2) is 3.41. The van der Waals surface area contributed by atoms with Crippen LogP contribution in [-0.4, -0.2) is 23.6 Å². The molecule has 0 radical (unpaired) electrons. The SMILES string of the molecule is CC1=NO[C@@H]2C(=O)N(c3ccccc3)C(=O)[C@H]12. The predicted octanol–water partition coefficient (Wildman–Crippen LogP) is 0.951. The summed E-state index contributed by atoms with van der Waals surface area (Å²) in [5.41, 5.74) is 1.14. The minimum absolute atomic E-state index is 0.259. The van der Waals surface area contributed by atoms with E-state index in [0.717, 1.165) is 0 Å². The van der Waals surface area contributed by atoms with Crippen molar-refractivity contribution in [2.45, 2.75) is 13.0 Å². The van der Waals surface area contributed by atoms with Gasteiger partial charge in [-0.25, -0.2) is 4.90 Å². The van der Waals surface area contributed by atoms with Crippen molar-refractivity contribution in [3.8, 4) is 0 Å². The lowest BCUT2D eigenvalue weighted by Crippen LogP contribution is -2.32. The van der Waals surface area contributed by atoms with Crippen LogP contribution in [0.4, 0.5) is 5.69 Å². The molecule has 2 aliphatic heterocycles. The number of benzene rings is 1. The number of hydrogen-bond donors (Lipinski definition) is 0. The van der Waals surface area contributed by atoms with Gasteiger partial charge in [0.05, 0.1) is 11.4 Å². The Hall–Kier alpha value is -2.17. The molecule has 86 valence electrons. The van der Waals surface area contributed by atoms with Gasteiger partial charge >= 0.3 is 0 Å². The topological polar surface area (TPSA) is 59.0 Å². The van der Waals surface area contributed by atoms with Gasteiger partial charge in [-0.1, -0.05) is 23.4 Å². The standard InChI is InChI=1S/C12H10N2O3/c1-7-9-10(17-13-7)12(16)14(11(9)15)8-5-3-2-4-6-8/h2-6,9-10H,1H3/t9-,10+/m1/s1. The van der Waals surface area contributed by atoms with E-state index >= 15 is 0 Å². The molecule has 5 heteroatoms. The van der Waals surface area contributed by atoms with Gasteiger partial charge in [-0.2, -0.15) is 0 Å². The van der Waals surface area contributed by atoms with Crippen molar-refractivity contribution in [3.63, 3.8) is 0 Å². The van der Waals surface area contributed by atoms with Crippen molar-refractivity contribution in [2.24, 2.45) is 11.1 Å². The van der Waals surface area contributed by atoms with Crippen LogP contribution in [0.15, 0.2) is 35.5 Å². The molecule has 2 aliphatic rings. The van der Waals surface area contributed by atoms with Gasteiger partial charge in [-0.15, -0.1) is 0 Å². The highest BCUT2D eigenvalue weighted by Crippen LogP contribution is 2.32. The smallest absolute Gasteiger partial charge is 0.278 e. The van der Waals surface area contributed by atoms with E-state index in [1.54, 1.807) is 31.2 Å². The van der Waals surface area contributed by atoms with Crippen LogP contribution in [0.3, 0.4) is 0 Å². The van der Waals surface area contributed by atoms with E-state index in [9.17, 15) is 9.59 Å². The number of nitrogens with zero attached hydrogens (tertiary/aromatic N) is 2. The average molecular weight is 230 g/mol. The fourth-order valence-electron chi connectivity index (χ4n) is 2.18. The summed E-state index contributed by atoms with van der Waals surface area (Å²) in [6.45, 7) is 1.70. The molecule has 2 amide bonds. The number of rotatable bonds is 1. The van der Waals surface area contributed by atoms with Crippen LogP contribution in [0.2, 0.25) is 0 Å². The highest BCUT2D eigenvalue weighted by molar-refractivity contribution is 6.29. The van der Waals surface area contributed by atoms with Crippen molar-refractivity contribution >= 4 is 23.2 Å². The Balaban J connectivity index is 2.02. The van der Waals surface area contributed by atoms with Crippen LogP contribution in [0.1, 0.15) is 6.92 Å². The second-order valence-corrected chi connectivity index (χ2v) is 4.08. The fourth-order valence-corrected chi connectivity index (χ4v) is 2.18.